The van der Waals surface area contributed by atoms with Gasteiger partial charge in [0.1, 0.15) is 16.1 Å². The first-order valence-electron chi connectivity index (χ1n) is 11.4. The molecule has 0 radical (unpaired) electrons. The fourth-order valence-corrected chi connectivity index (χ4v) is 7.67. The maximum atomic E-state index is 5.05. The van der Waals surface area contributed by atoms with Gasteiger partial charge in [0.05, 0.1) is 0 Å². The van der Waals surface area contributed by atoms with Crippen molar-refractivity contribution in [1.82, 2.24) is 29.5 Å². The minimum absolute atomic E-state index is 0.862. The SMILES string of the molecule is C[Si](C)(C)c1ccn(-c2cccc([Si](C)(C)c3cccc(-n4ccc([Si](C)(C)C)n4)n3)n2)n1. The zero-order chi connectivity index (χ0) is 24.0. The van der Waals surface area contributed by atoms with Gasteiger partial charge in [0.15, 0.2) is 19.7 Å². The summed E-state index contributed by atoms with van der Waals surface area (Å²) in [4.78, 5) is 10.1. The molecular weight excluding hydrogens is 457 g/mol. The lowest BCUT2D eigenvalue weighted by Crippen LogP contribution is -2.56. The van der Waals surface area contributed by atoms with Gasteiger partial charge in [0.25, 0.3) is 0 Å². The van der Waals surface area contributed by atoms with Crippen LogP contribution in [-0.2, 0) is 0 Å². The van der Waals surface area contributed by atoms with Gasteiger partial charge in [-0.2, -0.15) is 10.2 Å². The Morgan fingerprint density at radius 3 is 1.24 bits per heavy atom. The summed E-state index contributed by atoms with van der Waals surface area (Å²) in [6.07, 6.45) is 4.06. The molecule has 33 heavy (non-hydrogen) atoms. The first-order chi connectivity index (χ1) is 15.4. The highest BCUT2D eigenvalue weighted by molar-refractivity contribution is 6.99. The molecule has 0 spiro atoms. The zero-order valence-electron chi connectivity index (χ0n) is 21.0. The molecule has 0 saturated heterocycles. The molecule has 0 aliphatic rings. The van der Waals surface area contributed by atoms with E-state index in [4.69, 9.17) is 20.2 Å². The molecule has 0 aromatic carbocycles. The molecule has 0 N–H and O–H groups in total. The Bertz CT molecular complexity index is 1180. The van der Waals surface area contributed by atoms with Crippen molar-refractivity contribution in [1.29, 1.82) is 0 Å². The van der Waals surface area contributed by atoms with E-state index in [0.717, 1.165) is 22.3 Å². The van der Waals surface area contributed by atoms with Gasteiger partial charge < -0.3 is 0 Å². The van der Waals surface area contributed by atoms with Crippen LogP contribution in [0, 0.1) is 0 Å². The van der Waals surface area contributed by atoms with Crippen LogP contribution in [0.4, 0.5) is 0 Å². The molecular formula is C24H34N6Si3. The van der Waals surface area contributed by atoms with Crippen LogP contribution in [0.5, 0.6) is 0 Å². The molecule has 0 amide bonds. The highest BCUT2D eigenvalue weighted by atomic mass is 28.3. The monoisotopic (exact) mass is 490 g/mol. The van der Waals surface area contributed by atoms with Gasteiger partial charge >= 0.3 is 0 Å². The molecule has 0 unspecified atom stereocenters. The summed E-state index contributed by atoms with van der Waals surface area (Å²) < 4.78 is 3.82. The normalized spacial score (nSPS) is 12.8. The van der Waals surface area contributed by atoms with Crippen molar-refractivity contribution in [3.05, 3.63) is 60.9 Å². The van der Waals surface area contributed by atoms with Gasteiger partial charge in [0, 0.05) is 33.7 Å². The van der Waals surface area contributed by atoms with Crippen molar-refractivity contribution < 1.29 is 0 Å². The molecule has 0 aliphatic heterocycles. The largest absolute Gasteiger partial charge is 0.238 e. The van der Waals surface area contributed by atoms with Crippen LogP contribution in [0.25, 0.3) is 11.6 Å². The van der Waals surface area contributed by atoms with Crippen molar-refractivity contribution in [2.24, 2.45) is 0 Å². The molecule has 9 heteroatoms. The van der Waals surface area contributed by atoms with Gasteiger partial charge in [-0.1, -0.05) is 64.5 Å². The van der Waals surface area contributed by atoms with E-state index in [1.807, 2.05) is 33.9 Å². The van der Waals surface area contributed by atoms with Crippen LogP contribution < -0.4 is 21.3 Å². The second-order valence-corrected chi connectivity index (χ2v) is 25.5. The predicted octanol–water partition coefficient (Wildman–Crippen LogP) is 2.76. The van der Waals surface area contributed by atoms with E-state index >= 15 is 0 Å². The van der Waals surface area contributed by atoms with Crippen LogP contribution in [0.3, 0.4) is 0 Å². The Hall–Kier alpha value is -2.63. The minimum atomic E-state index is -2.13. The summed E-state index contributed by atoms with van der Waals surface area (Å²) >= 11 is 0. The molecule has 0 saturated carbocycles. The van der Waals surface area contributed by atoms with Crippen molar-refractivity contribution >= 4 is 45.5 Å². The third-order valence-corrected chi connectivity index (χ3v) is 12.7. The summed E-state index contributed by atoms with van der Waals surface area (Å²) in [5, 5.41) is 14.2. The molecule has 4 rings (SSSR count). The van der Waals surface area contributed by atoms with E-state index in [1.54, 1.807) is 0 Å². The second kappa shape index (κ2) is 8.30. The average molecular weight is 491 g/mol. The van der Waals surface area contributed by atoms with Gasteiger partial charge in [0.2, 0.25) is 0 Å². The molecule has 0 aliphatic carbocycles. The van der Waals surface area contributed by atoms with Crippen LogP contribution >= 0.6 is 0 Å². The first kappa shape index (κ1) is 23.5. The summed E-state index contributed by atoms with van der Waals surface area (Å²) in [6.45, 7) is 18.5. The van der Waals surface area contributed by atoms with E-state index in [-0.39, 0.29) is 0 Å². The van der Waals surface area contributed by atoms with Crippen molar-refractivity contribution in [2.75, 3.05) is 0 Å². The number of hydrogen-bond donors (Lipinski definition) is 0. The van der Waals surface area contributed by atoms with E-state index in [2.05, 4.69) is 88.8 Å². The summed E-state index contributed by atoms with van der Waals surface area (Å²) in [5.41, 5.74) is 0. The van der Waals surface area contributed by atoms with Crippen LogP contribution in [0.15, 0.2) is 60.9 Å². The van der Waals surface area contributed by atoms with Gasteiger partial charge in [-0.05, 0) is 36.4 Å². The third-order valence-electron chi connectivity index (χ3n) is 5.93. The van der Waals surface area contributed by atoms with Crippen molar-refractivity contribution in [2.45, 2.75) is 52.4 Å². The lowest BCUT2D eigenvalue weighted by molar-refractivity contribution is 0.856. The molecule has 4 heterocycles. The maximum absolute atomic E-state index is 5.05. The van der Waals surface area contributed by atoms with Gasteiger partial charge in [-0.3, -0.25) is 0 Å². The fourth-order valence-electron chi connectivity index (χ4n) is 3.63. The van der Waals surface area contributed by atoms with E-state index in [0.29, 0.717) is 0 Å². The Kier molecular flexibility index (Phi) is 5.92. The fraction of sp³-hybridized carbons (Fsp3) is 0.333. The summed E-state index contributed by atoms with van der Waals surface area (Å²) in [6, 6.07) is 16.7. The molecule has 4 aromatic heterocycles. The zero-order valence-corrected chi connectivity index (χ0v) is 24.0. The Balaban J connectivity index is 1.68. The molecule has 0 atom stereocenters. The molecule has 4 aromatic rings. The maximum Gasteiger partial charge on any atom is 0.158 e. The number of rotatable bonds is 6. The van der Waals surface area contributed by atoms with Crippen LogP contribution in [0.1, 0.15) is 0 Å². The minimum Gasteiger partial charge on any atom is -0.238 e. The van der Waals surface area contributed by atoms with Crippen LogP contribution in [-0.4, -0.2) is 53.8 Å². The Labute approximate surface area is 199 Å². The highest BCUT2D eigenvalue weighted by Crippen LogP contribution is 2.09. The second-order valence-electron chi connectivity index (χ2n) is 11.2. The van der Waals surface area contributed by atoms with Crippen molar-refractivity contribution in [3.8, 4) is 11.6 Å². The lowest BCUT2D eigenvalue weighted by atomic mass is 10.4. The van der Waals surface area contributed by atoms with Crippen LogP contribution in [0.2, 0.25) is 52.4 Å². The van der Waals surface area contributed by atoms with Crippen molar-refractivity contribution in [3.63, 3.8) is 0 Å². The topological polar surface area (TPSA) is 61.4 Å². The smallest absolute Gasteiger partial charge is 0.158 e. The highest BCUT2D eigenvalue weighted by Gasteiger charge is 2.31. The van der Waals surface area contributed by atoms with Gasteiger partial charge in [-0.15, -0.1) is 0 Å². The van der Waals surface area contributed by atoms with E-state index < -0.39 is 24.2 Å². The van der Waals surface area contributed by atoms with E-state index in [9.17, 15) is 0 Å². The first-order valence-corrected chi connectivity index (χ1v) is 21.4. The molecule has 172 valence electrons. The van der Waals surface area contributed by atoms with E-state index in [1.165, 1.54) is 10.6 Å². The molecule has 0 bridgehead atoms. The Morgan fingerprint density at radius 2 is 0.909 bits per heavy atom. The summed E-state index contributed by atoms with van der Waals surface area (Å²) in [7, 11) is -5.06. The number of aromatic nitrogens is 6. The Morgan fingerprint density at radius 1 is 0.515 bits per heavy atom. The third kappa shape index (κ3) is 4.85. The number of nitrogens with zero attached hydrogens (tertiary/aromatic N) is 6. The summed E-state index contributed by atoms with van der Waals surface area (Å²) in [5.74, 6) is 1.72. The number of pyridine rings is 2. The lowest BCUT2D eigenvalue weighted by Gasteiger charge is -2.22. The predicted molar refractivity (Wildman–Crippen MR) is 145 cm³/mol. The molecule has 6 nitrogen and oxygen atoms in total. The quantitative estimate of drug-likeness (QED) is 0.390. The van der Waals surface area contributed by atoms with Gasteiger partial charge in [-0.25, -0.2) is 19.3 Å². The average Bonchev–Trinajstić information content (AvgIpc) is 3.44. The molecule has 0 fully saturated rings. The standard InChI is InChI=1S/C24H34N6Si3/c1-31(2,3)23-15-17-29(27-23)19-11-9-13-21(25-19)33(7,8)22-14-10-12-20(26-22)30-18-16-24(28-30)32(4,5)6/h9-18H,1-8H3. The number of hydrogen-bond acceptors (Lipinski definition) is 4.